The van der Waals surface area contributed by atoms with Gasteiger partial charge >= 0.3 is 0 Å². The fraction of sp³-hybridized carbons (Fsp3) is 0.0952. The average molecular weight is 439 g/mol. The Kier molecular flexibility index (Phi) is 6.76. The summed E-state index contributed by atoms with van der Waals surface area (Å²) in [6, 6.07) is 14.2. The number of carbonyl (C=O) groups is 3. The molecule has 0 saturated carbocycles. The Labute approximate surface area is 183 Å². The average Bonchev–Trinajstić information content (AvgIpc) is 2.95. The molecule has 2 aromatic rings. The standard InChI is InChI=1S/C21H18N4O3S2/c1-13(26)23-17-7-3-15(4-8-17)11-19-20(28)25(21(29)30-19)22-12-16-5-9-18(10-6-16)24-14(2)27/h3-12H,1-2H3,(H,23,26)(H,24,27)/b19-11-,22-12+. The van der Waals surface area contributed by atoms with E-state index < -0.39 is 0 Å². The monoisotopic (exact) mass is 438 g/mol. The molecule has 0 aromatic heterocycles. The summed E-state index contributed by atoms with van der Waals surface area (Å²) < 4.78 is 0.340. The van der Waals surface area contributed by atoms with E-state index in [0.29, 0.717) is 20.6 Å². The maximum Gasteiger partial charge on any atom is 0.286 e. The highest BCUT2D eigenvalue weighted by molar-refractivity contribution is 8.26. The number of thiocarbonyl (C=S) groups is 1. The van der Waals surface area contributed by atoms with E-state index in [1.54, 1.807) is 54.6 Å². The lowest BCUT2D eigenvalue weighted by molar-refractivity contribution is -0.122. The smallest absolute Gasteiger partial charge is 0.286 e. The minimum absolute atomic E-state index is 0.147. The van der Waals surface area contributed by atoms with E-state index in [2.05, 4.69) is 15.7 Å². The van der Waals surface area contributed by atoms with Crippen molar-refractivity contribution in [3.05, 3.63) is 64.6 Å². The van der Waals surface area contributed by atoms with Crippen molar-refractivity contribution in [1.82, 2.24) is 5.01 Å². The summed E-state index contributed by atoms with van der Waals surface area (Å²) in [6.45, 7) is 2.88. The van der Waals surface area contributed by atoms with E-state index >= 15 is 0 Å². The number of benzene rings is 2. The number of rotatable bonds is 5. The minimum atomic E-state index is -0.304. The maximum absolute atomic E-state index is 12.7. The Morgan fingerprint density at radius 1 is 0.933 bits per heavy atom. The second-order valence-corrected chi connectivity index (χ2v) is 8.02. The highest BCUT2D eigenvalue weighted by atomic mass is 32.2. The zero-order valence-corrected chi connectivity index (χ0v) is 17.8. The summed E-state index contributed by atoms with van der Waals surface area (Å²) in [4.78, 5) is 35.3. The summed E-state index contributed by atoms with van der Waals surface area (Å²) in [5.74, 6) is -0.598. The van der Waals surface area contributed by atoms with Gasteiger partial charge < -0.3 is 10.6 Å². The van der Waals surface area contributed by atoms with Gasteiger partial charge in [-0.05, 0) is 53.7 Å². The molecule has 2 aromatic carbocycles. The number of nitrogens with zero attached hydrogens (tertiary/aromatic N) is 2. The van der Waals surface area contributed by atoms with Crippen molar-refractivity contribution in [3.63, 3.8) is 0 Å². The first-order chi connectivity index (χ1) is 14.3. The molecule has 1 aliphatic rings. The number of hydrogen-bond acceptors (Lipinski definition) is 6. The van der Waals surface area contributed by atoms with E-state index in [1.807, 2.05) is 0 Å². The predicted molar refractivity (Wildman–Crippen MR) is 124 cm³/mol. The Hall–Kier alpha value is -3.30. The highest BCUT2D eigenvalue weighted by Gasteiger charge is 2.32. The molecule has 2 N–H and O–H groups in total. The lowest BCUT2D eigenvalue weighted by atomic mass is 10.2. The van der Waals surface area contributed by atoms with Crippen LogP contribution in [0.1, 0.15) is 25.0 Å². The van der Waals surface area contributed by atoms with E-state index in [4.69, 9.17) is 12.2 Å². The molecule has 0 aliphatic carbocycles. The van der Waals surface area contributed by atoms with Crippen LogP contribution in [0.2, 0.25) is 0 Å². The van der Waals surface area contributed by atoms with Crippen molar-refractivity contribution in [1.29, 1.82) is 0 Å². The lowest BCUT2D eigenvalue weighted by Gasteiger charge is -2.06. The van der Waals surface area contributed by atoms with Crippen LogP contribution in [0.25, 0.3) is 6.08 Å². The van der Waals surface area contributed by atoms with Crippen LogP contribution in [0.4, 0.5) is 11.4 Å². The van der Waals surface area contributed by atoms with E-state index in [-0.39, 0.29) is 17.7 Å². The molecule has 3 amide bonds. The molecule has 1 aliphatic heterocycles. The van der Waals surface area contributed by atoms with Crippen LogP contribution in [0, 0.1) is 0 Å². The van der Waals surface area contributed by atoms with Gasteiger partial charge in [0.15, 0.2) is 4.32 Å². The SMILES string of the molecule is CC(=O)Nc1ccc(/C=C2\SC(=S)N(/N=C/c3ccc(NC(C)=O)cc3)C2=O)cc1. The summed E-state index contributed by atoms with van der Waals surface area (Å²) in [7, 11) is 0. The second kappa shape index (κ2) is 9.47. The molecule has 0 spiro atoms. The van der Waals surface area contributed by atoms with Gasteiger partial charge in [0.2, 0.25) is 11.8 Å². The van der Waals surface area contributed by atoms with Gasteiger partial charge in [0.25, 0.3) is 5.91 Å². The summed E-state index contributed by atoms with van der Waals surface area (Å²) in [6.07, 6.45) is 3.27. The maximum atomic E-state index is 12.7. The van der Waals surface area contributed by atoms with Gasteiger partial charge in [-0.3, -0.25) is 14.4 Å². The lowest BCUT2D eigenvalue weighted by Crippen LogP contribution is -2.22. The molecule has 152 valence electrons. The largest absolute Gasteiger partial charge is 0.326 e. The van der Waals surface area contributed by atoms with Gasteiger partial charge in [0.05, 0.1) is 11.1 Å². The number of anilines is 2. The van der Waals surface area contributed by atoms with Crippen molar-refractivity contribution in [2.45, 2.75) is 13.8 Å². The van der Waals surface area contributed by atoms with Crippen LogP contribution in [-0.4, -0.2) is 33.3 Å². The zero-order valence-electron chi connectivity index (χ0n) is 16.2. The zero-order chi connectivity index (χ0) is 21.7. The summed E-state index contributed by atoms with van der Waals surface area (Å²) >= 11 is 6.46. The molecular formula is C21H18N4O3S2. The third kappa shape index (κ3) is 5.62. The van der Waals surface area contributed by atoms with Gasteiger partial charge in [0.1, 0.15) is 0 Å². The summed E-state index contributed by atoms with van der Waals surface area (Å²) in [5, 5.41) is 10.8. The topological polar surface area (TPSA) is 90.9 Å². The van der Waals surface area contributed by atoms with Crippen molar-refractivity contribution in [2.24, 2.45) is 5.10 Å². The molecule has 0 radical (unpaired) electrons. The molecule has 0 atom stereocenters. The molecule has 1 fully saturated rings. The second-order valence-electron chi connectivity index (χ2n) is 6.34. The number of thioether (sulfide) groups is 1. The van der Waals surface area contributed by atoms with Crippen LogP contribution < -0.4 is 10.6 Å². The predicted octanol–water partition coefficient (Wildman–Crippen LogP) is 3.84. The first kappa shape index (κ1) is 21.4. The molecule has 7 nitrogen and oxygen atoms in total. The van der Waals surface area contributed by atoms with Crippen LogP contribution in [0.15, 0.2) is 58.5 Å². The number of amides is 3. The van der Waals surface area contributed by atoms with Crippen LogP contribution in [0.3, 0.4) is 0 Å². The molecule has 1 saturated heterocycles. The molecule has 9 heteroatoms. The highest BCUT2D eigenvalue weighted by Crippen LogP contribution is 2.32. The molecule has 0 bridgehead atoms. The summed E-state index contributed by atoms with van der Waals surface area (Å²) in [5.41, 5.74) is 2.93. The quantitative estimate of drug-likeness (QED) is 0.421. The first-order valence-electron chi connectivity index (χ1n) is 8.89. The van der Waals surface area contributed by atoms with Crippen molar-refractivity contribution < 1.29 is 14.4 Å². The molecule has 1 heterocycles. The van der Waals surface area contributed by atoms with Gasteiger partial charge in [-0.2, -0.15) is 10.1 Å². The van der Waals surface area contributed by atoms with E-state index in [0.717, 1.165) is 11.1 Å². The van der Waals surface area contributed by atoms with Gasteiger partial charge in [-0.15, -0.1) is 0 Å². The normalized spacial score (nSPS) is 15.1. The van der Waals surface area contributed by atoms with Gasteiger partial charge in [-0.1, -0.05) is 36.0 Å². The molecule has 3 rings (SSSR count). The number of hydrazone groups is 1. The minimum Gasteiger partial charge on any atom is -0.326 e. The van der Waals surface area contributed by atoms with Crippen molar-refractivity contribution in [2.75, 3.05) is 10.6 Å². The van der Waals surface area contributed by atoms with Gasteiger partial charge in [-0.25, -0.2) is 0 Å². The Morgan fingerprint density at radius 2 is 1.43 bits per heavy atom. The number of carbonyl (C=O) groups excluding carboxylic acids is 3. The van der Waals surface area contributed by atoms with E-state index in [9.17, 15) is 14.4 Å². The van der Waals surface area contributed by atoms with Gasteiger partial charge in [0, 0.05) is 25.2 Å². The Balaban J connectivity index is 1.69. The third-order valence-corrected chi connectivity index (χ3v) is 5.14. The molecule has 30 heavy (non-hydrogen) atoms. The van der Waals surface area contributed by atoms with E-state index in [1.165, 1.54) is 36.8 Å². The fourth-order valence-corrected chi connectivity index (χ4v) is 3.73. The van der Waals surface area contributed by atoms with Crippen LogP contribution >= 0.6 is 24.0 Å². The van der Waals surface area contributed by atoms with Crippen molar-refractivity contribution in [3.8, 4) is 0 Å². The number of hydrogen-bond donors (Lipinski definition) is 2. The van der Waals surface area contributed by atoms with Crippen LogP contribution in [0.5, 0.6) is 0 Å². The molecule has 0 unspecified atom stereocenters. The Morgan fingerprint density at radius 3 is 1.93 bits per heavy atom. The Bertz CT molecular complexity index is 1060. The fourth-order valence-electron chi connectivity index (χ4n) is 2.56. The first-order valence-corrected chi connectivity index (χ1v) is 10.1. The molecular weight excluding hydrogens is 420 g/mol. The number of nitrogens with one attached hydrogen (secondary N) is 2. The van der Waals surface area contributed by atoms with Crippen molar-refractivity contribution >= 4 is 69.7 Å². The van der Waals surface area contributed by atoms with Crippen LogP contribution in [-0.2, 0) is 14.4 Å². The third-order valence-electron chi connectivity index (χ3n) is 3.86.